The van der Waals surface area contributed by atoms with Gasteiger partial charge in [0.2, 0.25) is 0 Å². The number of nitriles is 1. The summed E-state index contributed by atoms with van der Waals surface area (Å²) in [6, 6.07) is 6.91. The molecule has 0 radical (unpaired) electrons. The molecule has 0 aromatic carbocycles. The minimum absolute atomic E-state index is 0.0915. The first-order chi connectivity index (χ1) is 6.29. The minimum Gasteiger partial charge on any atom is -0.295 e. The molecular weight excluding hydrogens is 180 g/mol. The summed E-state index contributed by atoms with van der Waals surface area (Å²) in [4.78, 5) is 2.42. The van der Waals surface area contributed by atoms with Gasteiger partial charge in [-0.1, -0.05) is 0 Å². The van der Waals surface area contributed by atoms with Crippen molar-refractivity contribution in [2.75, 3.05) is 0 Å². The maximum Gasteiger partial charge on any atom is 0.130 e. The van der Waals surface area contributed by atoms with Gasteiger partial charge in [-0.05, 0) is 31.9 Å². The van der Waals surface area contributed by atoms with Gasteiger partial charge in [0.15, 0.2) is 0 Å². The van der Waals surface area contributed by atoms with E-state index in [-0.39, 0.29) is 6.04 Å². The summed E-state index contributed by atoms with van der Waals surface area (Å²) < 4.78 is 0. The number of hydrogen-bond acceptors (Lipinski definition) is 3. The van der Waals surface area contributed by atoms with Crippen LogP contribution < -0.4 is 5.32 Å². The largest absolute Gasteiger partial charge is 0.295 e. The van der Waals surface area contributed by atoms with E-state index < -0.39 is 0 Å². The lowest BCUT2D eigenvalue weighted by atomic mass is 10.2. The molecule has 1 heterocycles. The van der Waals surface area contributed by atoms with Crippen LogP contribution in [0.4, 0.5) is 0 Å². The summed E-state index contributed by atoms with van der Waals surface area (Å²) in [6.45, 7) is 2.07. The van der Waals surface area contributed by atoms with Crippen molar-refractivity contribution >= 4 is 11.3 Å². The van der Waals surface area contributed by atoms with Gasteiger partial charge in [0, 0.05) is 15.8 Å². The van der Waals surface area contributed by atoms with Crippen LogP contribution in [0.3, 0.4) is 0 Å². The topological polar surface area (TPSA) is 35.8 Å². The molecule has 68 valence electrons. The van der Waals surface area contributed by atoms with Gasteiger partial charge in [-0.3, -0.25) is 5.32 Å². The molecule has 1 aromatic rings. The maximum atomic E-state index is 8.96. The monoisotopic (exact) mass is 192 g/mol. The van der Waals surface area contributed by atoms with Crippen LogP contribution in [0, 0.1) is 18.3 Å². The lowest BCUT2D eigenvalue weighted by Gasteiger charge is -2.07. The van der Waals surface area contributed by atoms with E-state index in [1.165, 1.54) is 17.7 Å². The maximum absolute atomic E-state index is 8.96. The van der Waals surface area contributed by atoms with E-state index in [1.54, 1.807) is 11.3 Å². The van der Waals surface area contributed by atoms with Crippen LogP contribution in [0.5, 0.6) is 0 Å². The lowest BCUT2D eigenvalue weighted by molar-refractivity contribution is 0.634. The summed E-state index contributed by atoms with van der Waals surface area (Å²) in [5, 5.41) is 12.3. The first-order valence-corrected chi connectivity index (χ1v) is 5.33. The molecule has 2 nitrogen and oxygen atoms in total. The normalized spacial score (nSPS) is 18.2. The average Bonchev–Trinajstić information content (AvgIpc) is 2.84. The molecule has 0 saturated heterocycles. The molecule has 1 unspecified atom stereocenters. The lowest BCUT2D eigenvalue weighted by Crippen LogP contribution is -2.20. The summed E-state index contributed by atoms with van der Waals surface area (Å²) in [5.41, 5.74) is 0. The first kappa shape index (κ1) is 8.74. The van der Waals surface area contributed by atoms with Gasteiger partial charge in [0.1, 0.15) is 6.04 Å². The van der Waals surface area contributed by atoms with Crippen molar-refractivity contribution in [3.8, 4) is 6.07 Å². The van der Waals surface area contributed by atoms with Crippen molar-refractivity contribution in [1.82, 2.24) is 5.32 Å². The Morgan fingerprint density at radius 3 is 2.85 bits per heavy atom. The zero-order valence-electron chi connectivity index (χ0n) is 7.58. The van der Waals surface area contributed by atoms with Crippen molar-refractivity contribution in [2.45, 2.75) is 31.8 Å². The zero-order chi connectivity index (χ0) is 9.26. The fraction of sp³-hybridized carbons (Fsp3) is 0.500. The zero-order valence-corrected chi connectivity index (χ0v) is 8.40. The Labute approximate surface area is 82.2 Å². The molecule has 1 aromatic heterocycles. The van der Waals surface area contributed by atoms with Gasteiger partial charge in [-0.25, -0.2) is 0 Å². The predicted octanol–water partition coefficient (Wildman–Crippen LogP) is 2.37. The SMILES string of the molecule is Cc1ccc(C(C#N)NC2CC2)s1. The van der Waals surface area contributed by atoms with Gasteiger partial charge < -0.3 is 0 Å². The third kappa shape index (κ3) is 2.09. The van der Waals surface area contributed by atoms with Crippen LogP contribution in [-0.2, 0) is 0 Å². The molecule has 1 saturated carbocycles. The number of rotatable bonds is 3. The first-order valence-electron chi connectivity index (χ1n) is 4.51. The Morgan fingerprint density at radius 1 is 1.62 bits per heavy atom. The van der Waals surface area contributed by atoms with Crippen molar-refractivity contribution in [1.29, 1.82) is 5.26 Å². The molecule has 3 heteroatoms. The molecule has 0 spiro atoms. The quantitative estimate of drug-likeness (QED) is 0.798. The van der Waals surface area contributed by atoms with Crippen LogP contribution in [0.2, 0.25) is 0 Å². The second kappa shape index (κ2) is 3.49. The number of nitrogens with zero attached hydrogens (tertiary/aromatic N) is 1. The van der Waals surface area contributed by atoms with E-state index in [0.29, 0.717) is 6.04 Å². The third-order valence-electron chi connectivity index (χ3n) is 2.15. The van der Waals surface area contributed by atoms with E-state index in [0.717, 1.165) is 4.88 Å². The minimum atomic E-state index is -0.0915. The van der Waals surface area contributed by atoms with E-state index in [9.17, 15) is 0 Å². The molecule has 0 bridgehead atoms. The van der Waals surface area contributed by atoms with Crippen LogP contribution in [0.25, 0.3) is 0 Å². The second-order valence-electron chi connectivity index (χ2n) is 3.45. The van der Waals surface area contributed by atoms with E-state index in [4.69, 9.17) is 5.26 Å². The molecule has 1 N–H and O–H groups in total. The molecule has 13 heavy (non-hydrogen) atoms. The van der Waals surface area contributed by atoms with Crippen molar-refractivity contribution < 1.29 is 0 Å². The van der Waals surface area contributed by atoms with Crippen LogP contribution >= 0.6 is 11.3 Å². The Kier molecular flexibility index (Phi) is 2.34. The average molecular weight is 192 g/mol. The molecule has 0 amide bonds. The van der Waals surface area contributed by atoms with Gasteiger partial charge >= 0.3 is 0 Å². The molecule has 1 aliphatic carbocycles. The van der Waals surface area contributed by atoms with Crippen LogP contribution in [0.15, 0.2) is 12.1 Å². The fourth-order valence-electron chi connectivity index (χ4n) is 1.28. The molecule has 1 fully saturated rings. The molecule has 1 atom stereocenters. The molecule has 0 aliphatic heterocycles. The van der Waals surface area contributed by atoms with E-state index in [2.05, 4.69) is 24.4 Å². The highest BCUT2D eigenvalue weighted by Gasteiger charge is 2.25. The van der Waals surface area contributed by atoms with Gasteiger partial charge in [-0.2, -0.15) is 5.26 Å². The van der Waals surface area contributed by atoms with Gasteiger partial charge in [-0.15, -0.1) is 11.3 Å². The number of nitrogens with one attached hydrogen (secondary N) is 1. The smallest absolute Gasteiger partial charge is 0.130 e. The summed E-state index contributed by atoms with van der Waals surface area (Å²) in [7, 11) is 0. The van der Waals surface area contributed by atoms with Crippen molar-refractivity contribution in [2.24, 2.45) is 0 Å². The van der Waals surface area contributed by atoms with Crippen molar-refractivity contribution in [3.63, 3.8) is 0 Å². The van der Waals surface area contributed by atoms with Crippen LogP contribution in [-0.4, -0.2) is 6.04 Å². The molecular formula is C10H12N2S. The summed E-state index contributed by atoms with van der Waals surface area (Å²) >= 11 is 1.71. The second-order valence-corrected chi connectivity index (χ2v) is 4.77. The fourth-order valence-corrected chi connectivity index (χ4v) is 2.16. The number of aryl methyl sites for hydroxylation is 1. The Morgan fingerprint density at radius 2 is 2.38 bits per heavy atom. The van der Waals surface area contributed by atoms with Crippen LogP contribution in [0.1, 0.15) is 28.6 Å². The highest BCUT2D eigenvalue weighted by Crippen LogP contribution is 2.27. The van der Waals surface area contributed by atoms with Crippen molar-refractivity contribution in [3.05, 3.63) is 21.9 Å². The van der Waals surface area contributed by atoms with E-state index in [1.807, 2.05) is 6.07 Å². The summed E-state index contributed by atoms with van der Waals surface area (Å²) in [5.74, 6) is 0. The number of thiophene rings is 1. The third-order valence-corrected chi connectivity index (χ3v) is 3.22. The predicted molar refractivity (Wildman–Crippen MR) is 53.6 cm³/mol. The Hall–Kier alpha value is -0.850. The highest BCUT2D eigenvalue weighted by atomic mass is 32.1. The summed E-state index contributed by atoms with van der Waals surface area (Å²) in [6.07, 6.45) is 2.45. The Balaban J connectivity index is 2.07. The highest BCUT2D eigenvalue weighted by molar-refractivity contribution is 7.12. The molecule has 1 aliphatic rings. The molecule has 2 rings (SSSR count). The van der Waals surface area contributed by atoms with E-state index >= 15 is 0 Å². The Bertz CT molecular complexity index is 333. The van der Waals surface area contributed by atoms with Gasteiger partial charge in [0.25, 0.3) is 0 Å². The standard InChI is InChI=1S/C10H12N2S/c1-7-2-5-10(13-7)9(6-11)12-8-3-4-8/h2,5,8-9,12H,3-4H2,1H3. The number of hydrogen-bond donors (Lipinski definition) is 1. The van der Waals surface area contributed by atoms with Gasteiger partial charge in [0.05, 0.1) is 6.07 Å².